The van der Waals surface area contributed by atoms with Gasteiger partial charge in [0.1, 0.15) is 0 Å². The predicted octanol–water partition coefficient (Wildman–Crippen LogP) is 1.65. The highest BCUT2D eigenvalue weighted by Crippen LogP contribution is 2.18. The maximum absolute atomic E-state index is 12.2. The number of amides is 1. The predicted molar refractivity (Wildman–Crippen MR) is 91.5 cm³/mol. The highest BCUT2D eigenvalue weighted by Gasteiger charge is 2.25. The van der Waals surface area contributed by atoms with Gasteiger partial charge in [-0.25, -0.2) is 12.7 Å². The number of piperidine rings is 1. The highest BCUT2D eigenvalue weighted by molar-refractivity contribution is 7.88. The van der Waals surface area contributed by atoms with Gasteiger partial charge in [0.2, 0.25) is 15.9 Å². The standard InChI is InChI=1S/C17H26N2O3S/c1-14(12-15-6-4-3-5-7-15)17(20)18-13-16-8-10-19(11-9-16)23(2,21)22/h3-7,14,16H,8-13H2,1-2H3,(H,18,20). The van der Waals surface area contributed by atoms with Crippen LogP contribution in [0.4, 0.5) is 0 Å². The number of nitrogens with zero attached hydrogens (tertiary/aromatic N) is 1. The van der Waals surface area contributed by atoms with E-state index in [4.69, 9.17) is 0 Å². The number of hydrogen-bond donors (Lipinski definition) is 1. The summed E-state index contributed by atoms with van der Waals surface area (Å²) in [7, 11) is -3.08. The molecule has 23 heavy (non-hydrogen) atoms. The summed E-state index contributed by atoms with van der Waals surface area (Å²) in [5.74, 6) is 0.369. The lowest BCUT2D eigenvalue weighted by Crippen LogP contribution is -2.42. The van der Waals surface area contributed by atoms with Crippen LogP contribution in [0.25, 0.3) is 0 Å². The Morgan fingerprint density at radius 2 is 1.87 bits per heavy atom. The number of carbonyl (C=O) groups is 1. The van der Waals surface area contributed by atoms with E-state index in [0.29, 0.717) is 25.6 Å². The van der Waals surface area contributed by atoms with Crippen molar-refractivity contribution < 1.29 is 13.2 Å². The van der Waals surface area contributed by atoms with Gasteiger partial charge in [0.05, 0.1) is 6.26 Å². The molecule has 1 fully saturated rings. The van der Waals surface area contributed by atoms with Crippen LogP contribution in [-0.2, 0) is 21.2 Å². The Labute approximate surface area is 139 Å². The smallest absolute Gasteiger partial charge is 0.223 e. The molecule has 1 saturated heterocycles. The fourth-order valence-corrected chi connectivity index (χ4v) is 3.80. The molecule has 1 unspecified atom stereocenters. The van der Waals surface area contributed by atoms with Crippen LogP contribution >= 0.6 is 0 Å². The van der Waals surface area contributed by atoms with Crippen LogP contribution in [0.3, 0.4) is 0 Å². The zero-order valence-corrected chi connectivity index (χ0v) is 14.7. The van der Waals surface area contributed by atoms with E-state index in [1.807, 2.05) is 37.3 Å². The molecule has 1 amide bonds. The summed E-state index contributed by atoms with van der Waals surface area (Å²) in [5.41, 5.74) is 1.16. The topological polar surface area (TPSA) is 66.5 Å². The molecule has 0 spiro atoms. The molecular weight excluding hydrogens is 312 g/mol. The Morgan fingerprint density at radius 3 is 2.43 bits per heavy atom. The zero-order valence-electron chi connectivity index (χ0n) is 13.9. The lowest BCUT2D eigenvalue weighted by molar-refractivity contribution is -0.124. The summed E-state index contributed by atoms with van der Waals surface area (Å²) in [6.07, 6.45) is 3.60. The Morgan fingerprint density at radius 1 is 1.26 bits per heavy atom. The third-order valence-corrected chi connectivity index (χ3v) is 5.74. The molecule has 0 aromatic heterocycles. The van der Waals surface area contributed by atoms with E-state index in [0.717, 1.165) is 24.8 Å². The third kappa shape index (κ3) is 5.62. The van der Waals surface area contributed by atoms with Crippen molar-refractivity contribution in [1.29, 1.82) is 0 Å². The van der Waals surface area contributed by atoms with Crippen molar-refractivity contribution in [3.05, 3.63) is 35.9 Å². The fourth-order valence-electron chi connectivity index (χ4n) is 2.92. The Bertz CT molecular complexity index is 608. The molecule has 1 aliphatic rings. The van der Waals surface area contributed by atoms with Crippen LogP contribution in [0.1, 0.15) is 25.3 Å². The van der Waals surface area contributed by atoms with Crippen molar-refractivity contribution in [2.75, 3.05) is 25.9 Å². The van der Waals surface area contributed by atoms with Crippen molar-refractivity contribution in [3.63, 3.8) is 0 Å². The Kier molecular flexibility index (Phi) is 6.18. The third-order valence-electron chi connectivity index (χ3n) is 4.44. The molecule has 1 aromatic rings. The lowest BCUT2D eigenvalue weighted by atomic mass is 9.97. The average Bonchev–Trinajstić information content (AvgIpc) is 2.53. The van der Waals surface area contributed by atoms with Gasteiger partial charge in [-0.3, -0.25) is 4.79 Å². The molecule has 1 heterocycles. The first-order valence-corrected chi connectivity index (χ1v) is 9.98. The Hall–Kier alpha value is -1.40. The summed E-state index contributed by atoms with van der Waals surface area (Å²) in [5, 5.41) is 3.02. The van der Waals surface area contributed by atoms with Gasteiger partial charge >= 0.3 is 0 Å². The molecule has 5 nitrogen and oxygen atoms in total. The zero-order chi connectivity index (χ0) is 16.9. The van der Waals surface area contributed by atoms with Crippen molar-refractivity contribution in [2.24, 2.45) is 11.8 Å². The first-order valence-electron chi connectivity index (χ1n) is 8.13. The van der Waals surface area contributed by atoms with Crippen molar-refractivity contribution >= 4 is 15.9 Å². The van der Waals surface area contributed by atoms with Gasteiger partial charge in [-0.05, 0) is 30.7 Å². The minimum atomic E-state index is -3.08. The lowest BCUT2D eigenvalue weighted by Gasteiger charge is -2.30. The summed E-state index contributed by atoms with van der Waals surface area (Å²) >= 11 is 0. The minimum absolute atomic E-state index is 0.0616. The highest BCUT2D eigenvalue weighted by atomic mass is 32.2. The van der Waals surface area contributed by atoms with E-state index in [9.17, 15) is 13.2 Å². The SMILES string of the molecule is CC(Cc1ccccc1)C(=O)NCC1CCN(S(C)(=O)=O)CC1. The van der Waals surface area contributed by atoms with E-state index in [1.54, 1.807) is 0 Å². The van der Waals surface area contributed by atoms with E-state index < -0.39 is 10.0 Å². The second-order valence-corrected chi connectivity index (χ2v) is 8.42. The minimum Gasteiger partial charge on any atom is -0.356 e. The van der Waals surface area contributed by atoms with E-state index in [-0.39, 0.29) is 11.8 Å². The van der Waals surface area contributed by atoms with E-state index in [1.165, 1.54) is 10.6 Å². The molecule has 1 aromatic carbocycles. The average molecular weight is 338 g/mol. The normalized spacial score (nSPS) is 18.5. The molecule has 2 rings (SSSR count). The molecule has 0 aliphatic carbocycles. The second-order valence-electron chi connectivity index (χ2n) is 6.44. The van der Waals surface area contributed by atoms with Crippen LogP contribution in [0.5, 0.6) is 0 Å². The molecule has 0 radical (unpaired) electrons. The van der Waals surface area contributed by atoms with Crippen LogP contribution < -0.4 is 5.32 Å². The first kappa shape index (κ1) is 17.9. The summed E-state index contributed by atoms with van der Waals surface area (Å²) in [6.45, 7) is 3.68. The second kappa shape index (κ2) is 7.93. The van der Waals surface area contributed by atoms with E-state index >= 15 is 0 Å². The number of hydrogen-bond acceptors (Lipinski definition) is 3. The number of carbonyl (C=O) groups excluding carboxylic acids is 1. The largest absolute Gasteiger partial charge is 0.356 e. The quantitative estimate of drug-likeness (QED) is 0.858. The van der Waals surface area contributed by atoms with Gasteiger partial charge in [-0.1, -0.05) is 37.3 Å². The van der Waals surface area contributed by atoms with Gasteiger partial charge < -0.3 is 5.32 Å². The Balaban J connectivity index is 1.73. The van der Waals surface area contributed by atoms with Crippen LogP contribution in [-0.4, -0.2) is 44.5 Å². The van der Waals surface area contributed by atoms with E-state index in [2.05, 4.69) is 5.32 Å². The fraction of sp³-hybridized carbons (Fsp3) is 0.588. The molecule has 6 heteroatoms. The summed E-state index contributed by atoms with van der Waals surface area (Å²) in [4.78, 5) is 12.2. The number of benzene rings is 1. The number of sulfonamides is 1. The molecule has 0 bridgehead atoms. The van der Waals surface area contributed by atoms with Crippen LogP contribution in [0.15, 0.2) is 30.3 Å². The molecule has 1 N–H and O–H groups in total. The maximum atomic E-state index is 12.2. The number of rotatable bonds is 6. The van der Waals surface area contributed by atoms with Gasteiger partial charge in [-0.2, -0.15) is 0 Å². The van der Waals surface area contributed by atoms with Crippen molar-refractivity contribution in [1.82, 2.24) is 9.62 Å². The first-order chi connectivity index (χ1) is 10.9. The number of nitrogens with one attached hydrogen (secondary N) is 1. The molecule has 1 aliphatic heterocycles. The molecule has 0 saturated carbocycles. The van der Waals surface area contributed by atoms with Gasteiger partial charge in [0.25, 0.3) is 0 Å². The monoisotopic (exact) mass is 338 g/mol. The van der Waals surface area contributed by atoms with Crippen LogP contribution in [0.2, 0.25) is 0 Å². The van der Waals surface area contributed by atoms with Gasteiger partial charge in [0.15, 0.2) is 0 Å². The van der Waals surface area contributed by atoms with Crippen molar-refractivity contribution in [2.45, 2.75) is 26.2 Å². The maximum Gasteiger partial charge on any atom is 0.223 e. The van der Waals surface area contributed by atoms with Gasteiger partial charge in [0, 0.05) is 25.6 Å². The van der Waals surface area contributed by atoms with Crippen molar-refractivity contribution in [3.8, 4) is 0 Å². The summed E-state index contributed by atoms with van der Waals surface area (Å²) < 4.78 is 24.5. The molecule has 1 atom stereocenters. The summed E-state index contributed by atoms with van der Waals surface area (Å²) in [6, 6.07) is 10.00. The molecular formula is C17H26N2O3S. The molecule has 128 valence electrons. The van der Waals surface area contributed by atoms with Crippen LogP contribution in [0, 0.1) is 11.8 Å². The van der Waals surface area contributed by atoms with Gasteiger partial charge in [-0.15, -0.1) is 0 Å².